The van der Waals surface area contributed by atoms with E-state index in [1.807, 2.05) is 36.4 Å². The van der Waals surface area contributed by atoms with Crippen LogP contribution >= 0.6 is 22.9 Å². The third kappa shape index (κ3) is 3.90. The number of carbonyl (C=O) groups is 1. The van der Waals surface area contributed by atoms with Crippen LogP contribution in [0, 0.1) is 0 Å². The molecule has 7 heteroatoms. The summed E-state index contributed by atoms with van der Waals surface area (Å²) in [7, 11) is 0. The molecule has 0 atom stereocenters. The number of hydrogen-bond donors (Lipinski definition) is 2. The minimum Gasteiger partial charge on any atom is -0.368 e. The Hall–Kier alpha value is -2.44. The topological polar surface area (TPSA) is 80.9 Å². The van der Waals surface area contributed by atoms with Crippen molar-refractivity contribution in [3.63, 3.8) is 0 Å². The van der Waals surface area contributed by atoms with Crippen molar-refractivity contribution in [1.82, 2.24) is 9.97 Å². The molecule has 3 rings (SSSR count). The van der Waals surface area contributed by atoms with Gasteiger partial charge in [-0.15, -0.1) is 11.3 Å². The smallest absolute Gasteiger partial charge is 0.262 e. The average Bonchev–Trinajstić information content (AvgIpc) is 3.00. The second kappa shape index (κ2) is 7.42. The van der Waals surface area contributed by atoms with Gasteiger partial charge >= 0.3 is 0 Å². The molecule has 0 aliphatic heterocycles. The number of pyridine rings is 1. The van der Waals surface area contributed by atoms with Crippen LogP contribution in [0.15, 0.2) is 48.8 Å². The monoisotopic (exact) mass is 358 g/mol. The molecule has 0 aliphatic carbocycles. The minimum absolute atomic E-state index is 0.424. The molecule has 1 aromatic carbocycles. The molecular formula is C17H15ClN4OS. The first-order chi connectivity index (χ1) is 11.6. The van der Waals surface area contributed by atoms with Crippen LogP contribution in [-0.4, -0.2) is 22.4 Å². The predicted octanol–water partition coefficient (Wildman–Crippen LogP) is 3.61. The van der Waals surface area contributed by atoms with E-state index in [1.54, 1.807) is 12.4 Å². The van der Waals surface area contributed by atoms with Crippen molar-refractivity contribution in [2.24, 2.45) is 5.73 Å². The molecule has 0 unspecified atom stereocenters. The SMILES string of the molecule is NC(=O)c1sc(-c2ccncc2)nc1NCCc1cccc(Cl)c1. The molecule has 0 aliphatic rings. The highest BCUT2D eigenvalue weighted by Crippen LogP contribution is 2.30. The Bertz CT molecular complexity index is 851. The van der Waals surface area contributed by atoms with Gasteiger partial charge in [0.15, 0.2) is 5.82 Å². The number of amides is 1. The van der Waals surface area contributed by atoms with E-state index in [0.717, 1.165) is 22.6 Å². The number of rotatable bonds is 6. The van der Waals surface area contributed by atoms with E-state index >= 15 is 0 Å². The molecule has 122 valence electrons. The molecule has 3 N–H and O–H groups in total. The first kappa shape index (κ1) is 16.4. The molecule has 0 spiro atoms. The van der Waals surface area contributed by atoms with E-state index < -0.39 is 5.91 Å². The van der Waals surface area contributed by atoms with E-state index in [-0.39, 0.29) is 0 Å². The summed E-state index contributed by atoms with van der Waals surface area (Å²) < 4.78 is 0. The van der Waals surface area contributed by atoms with Gasteiger partial charge in [0.25, 0.3) is 5.91 Å². The number of anilines is 1. The van der Waals surface area contributed by atoms with Gasteiger partial charge in [-0.3, -0.25) is 9.78 Å². The number of primary amides is 1. The Morgan fingerprint density at radius 3 is 2.75 bits per heavy atom. The van der Waals surface area contributed by atoms with Crippen molar-refractivity contribution in [1.29, 1.82) is 0 Å². The van der Waals surface area contributed by atoms with Crippen LogP contribution < -0.4 is 11.1 Å². The number of hydrogen-bond acceptors (Lipinski definition) is 5. The predicted molar refractivity (Wildman–Crippen MR) is 97.5 cm³/mol. The highest BCUT2D eigenvalue weighted by atomic mass is 35.5. The van der Waals surface area contributed by atoms with Crippen LogP contribution in [0.2, 0.25) is 5.02 Å². The second-order valence-corrected chi connectivity index (χ2v) is 6.54. The van der Waals surface area contributed by atoms with Crippen LogP contribution in [0.3, 0.4) is 0 Å². The highest BCUT2D eigenvalue weighted by Gasteiger charge is 2.16. The molecule has 2 heterocycles. The first-order valence-corrected chi connectivity index (χ1v) is 8.52. The van der Waals surface area contributed by atoms with Crippen molar-refractivity contribution in [3.8, 4) is 10.6 Å². The van der Waals surface area contributed by atoms with Crippen LogP contribution in [0.1, 0.15) is 15.2 Å². The number of nitrogens with one attached hydrogen (secondary N) is 1. The Morgan fingerprint density at radius 2 is 2.04 bits per heavy atom. The lowest BCUT2D eigenvalue weighted by Crippen LogP contribution is -2.13. The molecule has 0 saturated heterocycles. The van der Waals surface area contributed by atoms with Crippen molar-refractivity contribution in [3.05, 3.63) is 64.3 Å². The van der Waals surface area contributed by atoms with Crippen molar-refractivity contribution >= 4 is 34.7 Å². The van der Waals surface area contributed by atoms with E-state index in [1.165, 1.54) is 11.3 Å². The number of halogens is 1. The fourth-order valence-electron chi connectivity index (χ4n) is 2.24. The molecule has 0 radical (unpaired) electrons. The fourth-order valence-corrected chi connectivity index (χ4v) is 3.35. The van der Waals surface area contributed by atoms with Crippen LogP contribution in [0.25, 0.3) is 10.6 Å². The Kier molecular flexibility index (Phi) is 5.08. The van der Waals surface area contributed by atoms with Gasteiger partial charge in [-0.05, 0) is 36.2 Å². The number of benzene rings is 1. The Balaban J connectivity index is 1.75. The van der Waals surface area contributed by atoms with E-state index in [9.17, 15) is 4.79 Å². The van der Waals surface area contributed by atoms with Gasteiger partial charge < -0.3 is 11.1 Å². The zero-order valence-corrected chi connectivity index (χ0v) is 14.3. The summed E-state index contributed by atoms with van der Waals surface area (Å²) in [6.45, 7) is 0.625. The van der Waals surface area contributed by atoms with Gasteiger partial charge in [-0.2, -0.15) is 0 Å². The summed E-state index contributed by atoms with van der Waals surface area (Å²) >= 11 is 7.25. The third-order valence-corrected chi connectivity index (χ3v) is 4.73. The molecule has 0 saturated carbocycles. The Morgan fingerprint density at radius 1 is 1.25 bits per heavy atom. The van der Waals surface area contributed by atoms with Crippen LogP contribution in [-0.2, 0) is 6.42 Å². The quantitative estimate of drug-likeness (QED) is 0.705. The summed E-state index contributed by atoms with van der Waals surface area (Å²) in [4.78, 5) is 20.6. The van der Waals surface area contributed by atoms with Crippen LogP contribution in [0.5, 0.6) is 0 Å². The van der Waals surface area contributed by atoms with Crippen molar-refractivity contribution in [2.45, 2.75) is 6.42 Å². The third-order valence-electron chi connectivity index (χ3n) is 3.37. The number of carbonyl (C=O) groups excluding carboxylic acids is 1. The standard InChI is InChI=1S/C17H15ClN4OS/c18-13-3-1-2-11(10-13)4-9-21-16-14(15(19)23)24-17(22-16)12-5-7-20-8-6-12/h1-3,5-8,10,21H,4,9H2,(H2,19,23). The molecule has 2 aromatic heterocycles. The largest absolute Gasteiger partial charge is 0.368 e. The summed E-state index contributed by atoms with van der Waals surface area (Å²) in [5.41, 5.74) is 7.48. The average molecular weight is 359 g/mol. The lowest BCUT2D eigenvalue weighted by atomic mass is 10.1. The summed E-state index contributed by atoms with van der Waals surface area (Å²) in [5.74, 6) is 0.0272. The summed E-state index contributed by atoms with van der Waals surface area (Å²) in [6.07, 6.45) is 4.14. The van der Waals surface area contributed by atoms with Crippen molar-refractivity contribution in [2.75, 3.05) is 11.9 Å². The zero-order valence-electron chi connectivity index (χ0n) is 12.7. The van der Waals surface area contributed by atoms with Crippen LogP contribution in [0.4, 0.5) is 5.82 Å². The zero-order chi connectivity index (χ0) is 16.9. The Labute approximate surface area is 148 Å². The lowest BCUT2D eigenvalue weighted by molar-refractivity contribution is 0.100. The number of aromatic nitrogens is 2. The van der Waals surface area contributed by atoms with Gasteiger partial charge in [-0.25, -0.2) is 4.98 Å². The number of thiazole rings is 1. The molecular weight excluding hydrogens is 344 g/mol. The number of nitrogens with two attached hydrogens (primary N) is 1. The summed E-state index contributed by atoms with van der Waals surface area (Å²) in [5, 5.41) is 4.63. The highest BCUT2D eigenvalue weighted by molar-refractivity contribution is 7.17. The maximum atomic E-state index is 11.7. The van der Waals surface area contributed by atoms with E-state index in [0.29, 0.717) is 22.3 Å². The van der Waals surface area contributed by atoms with Gasteiger partial charge in [0.2, 0.25) is 0 Å². The molecule has 3 aromatic rings. The normalized spacial score (nSPS) is 10.5. The first-order valence-electron chi connectivity index (χ1n) is 7.33. The van der Waals surface area contributed by atoms with E-state index in [4.69, 9.17) is 17.3 Å². The van der Waals surface area contributed by atoms with Gasteiger partial charge in [0, 0.05) is 29.5 Å². The summed E-state index contributed by atoms with van der Waals surface area (Å²) in [6, 6.07) is 11.4. The molecule has 0 fully saturated rings. The molecule has 0 bridgehead atoms. The molecule has 24 heavy (non-hydrogen) atoms. The van der Waals surface area contributed by atoms with E-state index in [2.05, 4.69) is 15.3 Å². The lowest BCUT2D eigenvalue weighted by Gasteiger charge is -2.05. The molecule has 5 nitrogen and oxygen atoms in total. The van der Waals surface area contributed by atoms with Crippen molar-refractivity contribution < 1.29 is 4.79 Å². The molecule has 1 amide bonds. The second-order valence-electron chi connectivity index (χ2n) is 5.10. The minimum atomic E-state index is -0.488. The van der Waals surface area contributed by atoms with Gasteiger partial charge in [0.1, 0.15) is 9.88 Å². The fraction of sp³-hybridized carbons (Fsp3) is 0.118. The maximum Gasteiger partial charge on any atom is 0.262 e. The van der Waals surface area contributed by atoms with Gasteiger partial charge in [0.05, 0.1) is 0 Å². The number of nitrogens with zero attached hydrogens (tertiary/aromatic N) is 2. The van der Waals surface area contributed by atoms with Gasteiger partial charge in [-0.1, -0.05) is 23.7 Å². The maximum absolute atomic E-state index is 11.7.